The lowest BCUT2D eigenvalue weighted by molar-refractivity contribution is 0.227. The maximum Gasteiger partial charge on any atom is 0.0604 e. The third-order valence-corrected chi connectivity index (χ3v) is 2.81. The Balaban J connectivity index is 2.36. The molecule has 1 atom stereocenters. The van der Waals surface area contributed by atoms with Crippen molar-refractivity contribution in [2.75, 3.05) is 19.6 Å². The van der Waals surface area contributed by atoms with E-state index >= 15 is 0 Å². The lowest BCUT2D eigenvalue weighted by Crippen LogP contribution is -2.41. The summed E-state index contributed by atoms with van der Waals surface area (Å²) in [6, 6.07) is 1.29. The Labute approximate surface area is 88.1 Å². The molecule has 80 valence electrons. The lowest BCUT2D eigenvalue weighted by atomic mass is 10.2. The Kier molecular flexibility index (Phi) is 5.00. The van der Waals surface area contributed by atoms with E-state index in [0.717, 1.165) is 13.1 Å². The molecule has 0 bridgehead atoms. The second kappa shape index (κ2) is 6.06. The quantitative estimate of drug-likeness (QED) is 0.682. The van der Waals surface area contributed by atoms with Gasteiger partial charge >= 0.3 is 0 Å². The third-order valence-electron chi connectivity index (χ3n) is 2.81. The van der Waals surface area contributed by atoms with E-state index in [0.29, 0.717) is 12.1 Å². The molecule has 14 heavy (non-hydrogen) atoms. The van der Waals surface area contributed by atoms with Crippen LogP contribution in [0.2, 0.25) is 0 Å². The summed E-state index contributed by atoms with van der Waals surface area (Å²) < 4.78 is 0. The molecule has 0 aliphatic carbocycles. The largest absolute Gasteiger partial charge is 0.313 e. The van der Waals surface area contributed by atoms with Gasteiger partial charge in [-0.3, -0.25) is 4.90 Å². The van der Waals surface area contributed by atoms with Crippen LogP contribution in [0.4, 0.5) is 0 Å². The molecule has 1 N–H and O–H groups in total. The van der Waals surface area contributed by atoms with Gasteiger partial charge in [-0.2, -0.15) is 0 Å². The first-order chi connectivity index (χ1) is 6.74. The van der Waals surface area contributed by atoms with Crippen LogP contribution in [0.15, 0.2) is 0 Å². The fraction of sp³-hybridized carbons (Fsp3) is 0.833. The smallest absolute Gasteiger partial charge is 0.0604 e. The van der Waals surface area contributed by atoms with E-state index in [-0.39, 0.29) is 0 Å². The van der Waals surface area contributed by atoms with Gasteiger partial charge in [0.2, 0.25) is 0 Å². The van der Waals surface area contributed by atoms with Crippen molar-refractivity contribution in [1.29, 1.82) is 0 Å². The van der Waals surface area contributed by atoms with Gasteiger partial charge in [-0.15, -0.1) is 5.92 Å². The van der Waals surface area contributed by atoms with Crippen molar-refractivity contribution >= 4 is 0 Å². The zero-order valence-corrected chi connectivity index (χ0v) is 9.64. The van der Waals surface area contributed by atoms with Gasteiger partial charge in [-0.25, -0.2) is 0 Å². The molecule has 1 saturated heterocycles. The van der Waals surface area contributed by atoms with Gasteiger partial charge in [0.1, 0.15) is 0 Å². The molecule has 1 rings (SSSR count). The molecule has 0 aromatic rings. The van der Waals surface area contributed by atoms with Crippen molar-refractivity contribution in [3.8, 4) is 11.8 Å². The molecular weight excluding hydrogens is 172 g/mol. The van der Waals surface area contributed by atoms with Crippen LogP contribution in [0, 0.1) is 11.8 Å². The van der Waals surface area contributed by atoms with Crippen molar-refractivity contribution in [3.05, 3.63) is 0 Å². The van der Waals surface area contributed by atoms with E-state index in [1.165, 1.54) is 19.4 Å². The van der Waals surface area contributed by atoms with Crippen LogP contribution in [0.5, 0.6) is 0 Å². The first kappa shape index (κ1) is 11.6. The highest BCUT2D eigenvalue weighted by Gasteiger charge is 2.18. The van der Waals surface area contributed by atoms with Crippen LogP contribution in [0.1, 0.15) is 33.6 Å². The number of hydrogen-bond acceptors (Lipinski definition) is 2. The molecule has 1 aliphatic rings. The minimum Gasteiger partial charge on any atom is -0.313 e. The van der Waals surface area contributed by atoms with Crippen LogP contribution >= 0.6 is 0 Å². The molecule has 0 aromatic carbocycles. The van der Waals surface area contributed by atoms with Crippen molar-refractivity contribution < 1.29 is 0 Å². The Morgan fingerprint density at radius 2 is 2.29 bits per heavy atom. The average molecular weight is 194 g/mol. The van der Waals surface area contributed by atoms with Gasteiger partial charge in [-0.1, -0.05) is 5.92 Å². The average Bonchev–Trinajstić information content (AvgIpc) is 2.64. The number of rotatable bonds is 4. The van der Waals surface area contributed by atoms with E-state index < -0.39 is 0 Å². The van der Waals surface area contributed by atoms with Crippen molar-refractivity contribution in [2.24, 2.45) is 0 Å². The molecular formula is C12H22N2. The predicted molar refractivity (Wildman–Crippen MR) is 61.2 cm³/mol. The summed E-state index contributed by atoms with van der Waals surface area (Å²) in [7, 11) is 0. The molecule has 1 fully saturated rings. The van der Waals surface area contributed by atoms with Gasteiger partial charge < -0.3 is 5.32 Å². The fourth-order valence-corrected chi connectivity index (χ4v) is 1.83. The summed E-state index contributed by atoms with van der Waals surface area (Å²) in [5, 5.41) is 3.53. The van der Waals surface area contributed by atoms with E-state index in [1.54, 1.807) is 0 Å². The molecule has 0 amide bonds. The number of nitrogens with zero attached hydrogens (tertiary/aromatic N) is 1. The van der Waals surface area contributed by atoms with E-state index in [4.69, 9.17) is 0 Å². The highest BCUT2D eigenvalue weighted by molar-refractivity contribution is 4.98. The van der Waals surface area contributed by atoms with Gasteiger partial charge in [0, 0.05) is 18.6 Å². The first-order valence-corrected chi connectivity index (χ1v) is 5.61. The minimum atomic E-state index is 0.596. The Hall–Kier alpha value is -0.520. The van der Waals surface area contributed by atoms with Crippen LogP contribution in [0.25, 0.3) is 0 Å². The standard InChI is InChI=1S/C12H22N2/c1-4-5-9-14(11(2)3)10-12-7-6-8-13-12/h11-13H,6-10H2,1-3H3. The maximum atomic E-state index is 3.53. The zero-order valence-electron chi connectivity index (χ0n) is 9.64. The first-order valence-electron chi connectivity index (χ1n) is 5.61. The van der Waals surface area contributed by atoms with Crippen LogP contribution in [-0.2, 0) is 0 Å². The Bertz CT molecular complexity index is 206. The monoisotopic (exact) mass is 194 g/mol. The molecule has 0 saturated carbocycles. The van der Waals surface area contributed by atoms with E-state index in [1.807, 2.05) is 6.92 Å². The maximum absolute atomic E-state index is 3.53. The molecule has 1 heterocycles. The highest BCUT2D eigenvalue weighted by Crippen LogP contribution is 2.08. The summed E-state index contributed by atoms with van der Waals surface area (Å²) in [6.45, 7) is 9.64. The van der Waals surface area contributed by atoms with Crippen molar-refractivity contribution in [2.45, 2.75) is 45.7 Å². The molecule has 0 spiro atoms. The van der Waals surface area contributed by atoms with E-state index in [9.17, 15) is 0 Å². The summed E-state index contributed by atoms with van der Waals surface area (Å²) in [5.41, 5.74) is 0. The molecule has 0 radical (unpaired) electrons. The number of hydrogen-bond donors (Lipinski definition) is 1. The fourth-order valence-electron chi connectivity index (χ4n) is 1.83. The van der Waals surface area contributed by atoms with Crippen molar-refractivity contribution in [1.82, 2.24) is 10.2 Å². The molecule has 2 heteroatoms. The highest BCUT2D eigenvalue weighted by atomic mass is 15.2. The van der Waals surface area contributed by atoms with Gasteiger partial charge in [-0.05, 0) is 40.2 Å². The predicted octanol–water partition coefficient (Wildman–Crippen LogP) is 1.47. The second-order valence-corrected chi connectivity index (χ2v) is 4.24. The van der Waals surface area contributed by atoms with Crippen molar-refractivity contribution in [3.63, 3.8) is 0 Å². The SMILES string of the molecule is CC#CCN(CC1CCCN1)C(C)C. The van der Waals surface area contributed by atoms with E-state index in [2.05, 4.69) is 35.9 Å². The van der Waals surface area contributed by atoms with Gasteiger partial charge in [0.25, 0.3) is 0 Å². The zero-order chi connectivity index (χ0) is 10.4. The number of nitrogens with one attached hydrogen (secondary N) is 1. The van der Waals surface area contributed by atoms with Crippen LogP contribution < -0.4 is 5.32 Å². The summed E-state index contributed by atoms with van der Waals surface area (Å²) in [5.74, 6) is 6.12. The Morgan fingerprint density at radius 3 is 2.79 bits per heavy atom. The molecule has 1 unspecified atom stereocenters. The van der Waals surface area contributed by atoms with Crippen LogP contribution in [0.3, 0.4) is 0 Å². The Morgan fingerprint density at radius 1 is 1.50 bits per heavy atom. The van der Waals surface area contributed by atoms with Gasteiger partial charge in [0.05, 0.1) is 6.54 Å². The topological polar surface area (TPSA) is 15.3 Å². The normalized spacial score (nSPS) is 21.4. The summed E-state index contributed by atoms with van der Waals surface area (Å²) in [4.78, 5) is 2.44. The van der Waals surface area contributed by atoms with Gasteiger partial charge in [0.15, 0.2) is 0 Å². The second-order valence-electron chi connectivity index (χ2n) is 4.24. The minimum absolute atomic E-state index is 0.596. The molecule has 2 nitrogen and oxygen atoms in total. The summed E-state index contributed by atoms with van der Waals surface area (Å²) >= 11 is 0. The van der Waals surface area contributed by atoms with Crippen LogP contribution in [-0.4, -0.2) is 36.6 Å². The third kappa shape index (κ3) is 3.69. The lowest BCUT2D eigenvalue weighted by Gasteiger charge is -2.27. The summed E-state index contributed by atoms with van der Waals surface area (Å²) in [6.07, 6.45) is 2.65. The molecule has 0 aromatic heterocycles. The molecule has 1 aliphatic heterocycles.